The van der Waals surface area contributed by atoms with Gasteiger partial charge in [0.15, 0.2) is 0 Å². The molecule has 0 aromatic rings. The average molecular weight is 688 g/mol. The van der Waals surface area contributed by atoms with Gasteiger partial charge >= 0.3 is 11.9 Å². The van der Waals surface area contributed by atoms with Gasteiger partial charge < -0.3 is 14.4 Å². The molecule has 0 bridgehead atoms. The van der Waals surface area contributed by atoms with Crippen LogP contribution in [0.3, 0.4) is 0 Å². The zero-order valence-electron chi connectivity index (χ0n) is 33.3. The van der Waals surface area contributed by atoms with Crippen LogP contribution in [0.15, 0.2) is 24.1 Å². The number of rotatable bonds is 36. The summed E-state index contributed by atoms with van der Waals surface area (Å²) in [6.07, 6.45) is 32.1. The Labute approximate surface area is 305 Å². The first-order valence-electron chi connectivity index (χ1n) is 21.0. The third-order valence-corrected chi connectivity index (χ3v) is 10.1. The number of allylic oxidation sites excluding steroid dienone is 1. The summed E-state index contributed by atoms with van der Waals surface area (Å²) in [4.78, 5) is 26.6. The van der Waals surface area contributed by atoms with Crippen LogP contribution in [0.1, 0.15) is 195 Å². The van der Waals surface area contributed by atoms with Gasteiger partial charge in [-0.3, -0.25) is 9.59 Å². The van der Waals surface area contributed by atoms with E-state index < -0.39 is 0 Å². The molecule has 3 atom stereocenters. The lowest BCUT2D eigenvalue weighted by atomic mass is 9.93. The zero-order chi connectivity index (χ0) is 36.2. The van der Waals surface area contributed by atoms with Crippen LogP contribution in [0.4, 0.5) is 0 Å². The van der Waals surface area contributed by atoms with Gasteiger partial charge in [0.25, 0.3) is 0 Å². The van der Waals surface area contributed by atoms with Crippen molar-refractivity contribution in [3.63, 3.8) is 0 Å². The van der Waals surface area contributed by atoms with E-state index >= 15 is 0 Å². The summed E-state index contributed by atoms with van der Waals surface area (Å²) in [5, 5.41) is 0. The summed E-state index contributed by atoms with van der Waals surface area (Å²) < 4.78 is 10.9. The molecule has 0 radical (unpaired) electrons. The topological polar surface area (TPSA) is 55.8 Å². The van der Waals surface area contributed by atoms with Gasteiger partial charge in [0, 0.05) is 19.4 Å². The van der Waals surface area contributed by atoms with E-state index in [-0.39, 0.29) is 11.9 Å². The lowest BCUT2D eigenvalue weighted by Gasteiger charge is -2.23. The number of esters is 2. The maximum Gasteiger partial charge on any atom is 0.305 e. The summed E-state index contributed by atoms with van der Waals surface area (Å²) in [5.41, 5.74) is 5.66. The maximum absolute atomic E-state index is 12.1. The summed E-state index contributed by atoms with van der Waals surface area (Å²) in [5.74, 6) is 1.80. The second-order valence-corrected chi connectivity index (χ2v) is 14.9. The van der Waals surface area contributed by atoms with Crippen LogP contribution >= 0.6 is 0 Å². The fourth-order valence-electron chi connectivity index (χ4n) is 6.56. The van der Waals surface area contributed by atoms with Crippen LogP contribution < -0.4 is 0 Å². The molecule has 0 aliphatic heterocycles. The average Bonchev–Trinajstić information content (AvgIpc) is 3.09. The van der Waals surface area contributed by atoms with E-state index in [1.807, 2.05) is 6.08 Å². The molecular formula is C44H81NO4. The second kappa shape index (κ2) is 36.0. The van der Waals surface area contributed by atoms with Crippen molar-refractivity contribution in [3.8, 4) is 0 Å². The van der Waals surface area contributed by atoms with E-state index in [4.69, 9.17) is 9.47 Å². The molecule has 0 aliphatic carbocycles. The van der Waals surface area contributed by atoms with Gasteiger partial charge in [-0.15, -0.1) is 0 Å². The molecular weight excluding hydrogens is 606 g/mol. The van der Waals surface area contributed by atoms with Crippen molar-refractivity contribution in [2.45, 2.75) is 195 Å². The molecule has 286 valence electrons. The second-order valence-electron chi connectivity index (χ2n) is 14.9. The highest BCUT2D eigenvalue weighted by Gasteiger charge is 2.12. The molecule has 0 aromatic heterocycles. The third-order valence-electron chi connectivity index (χ3n) is 10.1. The smallest absolute Gasteiger partial charge is 0.305 e. The summed E-state index contributed by atoms with van der Waals surface area (Å²) in [6.45, 7) is 16.0. The Morgan fingerprint density at radius 1 is 0.633 bits per heavy atom. The predicted octanol–water partition coefficient (Wildman–Crippen LogP) is 12.6. The van der Waals surface area contributed by atoms with Gasteiger partial charge in [0.05, 0.1) is 13.2 Å². The van der Waals surface area contributed by atoms with Crippen molar-refractivity contribution < 1.29 is 19.1 Å². The minimum Gasteiger partial charge on any atom is -0.466 e. The molecule has 0 aromatic carbocycles. The van der Waals surface area contributed by atoms with E-state index in [1.54, 1.807) is 0 Å². The fraction of sp³-hybridized carbons (Fsp3) is 0.864. The van der Waals surface area contributed by atoms with Crippen molar-refractivity contribution in [2.75, 3.05) is 33.4 Å². The van der Waals surface area contributed by atoms with Gasteiger partial charge in [-0.25, -0.2) is 0 Å². The van der Waals surface area contributed by atoms with Crippen LogP contribution in [0.5, 0.6) is 0 Å². The molecule has 0 amide bonds. The van der Waals surface area contributed by atoms with Crippen molar-refractivity contribution in [3.05, 3.63) is 24.1 Å². The summed E-state index contributed by atoms with van der Waals surface area (Å²) in [7, 11) is 2.26. The van der Waals surface area contributed by atoms with Crippen molar-refractivity contribution in [1.82, 2.24) is 4.90 Å². The lowest BCUT2D eigenvalue weighted by molar-refractivity contribution is -0.145. The first kappa shape index (κ1) is 47.2. The minimum atomic E-state index is -0.0482. The Morgan fingerprint density at radius 2 is 1.10 bits per heavy atom. The number of nitrogens with zero attached hydrogens (tertiary/aromatic N) is 1. The number of ether oxygens (including phenoxy) is 2. The number of unbranched alkanes of at least 4 members (excludes halogenated alkanes) is 14. The van der Waals surface area contributed by atoms with E-state index in [2.05, 4.69) is 57.7 Å². The van der Waals surface area contributed by atoms with Crippen molar-refractivity contribution in [1.29, 1.82) is 0 Å². The van der Waals surface area contributed by atoms with Crippen LogP contribution in [0, 0.1) is 17.8 Å². The molecule has 0 spiro atoms. The van der Waals surface area contributed by atoms with Crippen LogP contribution in [0.2, 0.25) is 0 Å². The van der Waals surface area contributed by atoms with Gasteiger partial charge in [-0.1, -0.05) is 148 Å². The van der Waals surface area contributed by atoms with E-state index in [0.717, 1.165) is 57.4 Å². The minimum absolute atomic E-state index is 0.00554. The first-order valence-corrected chi connectivity index (χ1v) is 21.0. The molecule has 0 rings (SSSR count). The van der Waals surface area contributed by atoms with Crippen LogP contribution in [-0.2, 0) is 19.1 Å². The Hall–Kier alpha value is -1.80. The van der Waals surface area contributed by atoms with E-state index in [0.29, 0.717) is 37.9 Å². The Balaban J connectivity index is 3.87. The molecule has 0 fully saturated rings. The van der Waals surface area contributed by atoms with Crippen LogP contribution in [-0.4, -0.2) is 50.2 Å². The van der Waals surface area contributed by atoms with Gasteiger partial charge in [-0.05, 0) is 88.9 Å². The van der Waals surface area contributed by atoms with E-state index in [1.165, 1.54) is 116 Å². The molecule has 5 heteroatoms. The van der Waals surface area contributed by atoms with Crippen LogP contribution in [0.25, 0.3) is 0 Å². The standard InChI is InChI=1S/C44H81NO4/c1-7-11-28-40(5)35-37-48-43(46)33-26-22-18-14-16-20-24-31-42(39-45(6)10-4)32-25-21-17-15-19-23-27-34-44(47)49-38-36-41(29-12-8-2)30-13-9-3/h29,40-42H,2,7,9-11,13-28,30-39H2,1,3-6H3. The Morgan fingerprint density at radius 3 is 1.59 bits per heavy atom. The number of hydrogen-bond acceptors (Lipinski definition) is 5. The number of hydrogen-bond donors (Lipinski definition) is 0. The quantitative estimate of drug-likeness (QED) is 0.0373. The van der Waals surface area contributed by atoms with Crippen molar-refractivity contribution >= 4 is 11.9 Å². The summed E-state index contributed by atoms with van der Waals surface area (Å²) >= 11 is 0. The monoisotopic (exact) mass is 688 g/mol. The molecule has 0 aliphatic rings. The molecule has 0 N–H and O–H groups in total. The molecule has 49 heavy (non-hydrogen) atoms. The first-order chi connectivity index (χ1) is 23.9. The van der Waals surface area contributed by atoms with Gasteiger partial charge in [0.1, 0.15) is 0 Å². The Kier molecular flexibility index (Phi) is 34.7. The summed E-state index contributed by atoms with van der Waals surface area (Å²) in [6, 6.07) is 0. The lowest BCUT2D eigenvalue weighted by Crippen LogP contribution is -2.25. The Bertz CT molecular complexity index is 844. The maximum atomic E-state index is 12.1. The van der Waals surface area contributed by atoms with Crippen molar-refractivity contribution in [2.24, 2.45) is 17.8 Å². The highest BCUT2D eigenvalue weighted by molar-refractivity contribution is 5.69. The molecule has 5 nitrogen and oxygen atoms in total. The van der Waals surface area contributed by atoms with E-state index in [9.17, 15) is 9.59 Å². The number of carbonyl (C=O) groups excluding carboxylic acids is 2. The van der Waals surface area contributed by atoms with Gasteiger partial charge in [0.2, 0.25) is 0 Å². The molecule has 3 unspecified atom stereocenters. The fourth-order valence-corrected chi connectivity index (χ4v) is 6.56. The SMILES string of the molecule is C=C=C=CC(CCCC)CCOC(=O)CCCCCCCCCC(CCCCCCCCCC(=O)OCCC(C)CCCC)CN(C)CC. The normalized spacial score (nSPS) is 13.0. The highest BCUT2D eigenvalue weighted by atomic mass is 16.5. The highest BCUT2D eigenvalue weighted by Crippen LogP contribution is 2.21. The molecule has 0 saturated heterocycles. The molecule has 0 saturated carbocycles. The molecule has 0 heterocycles. The number of carbonyl (C=O) groups is 2. The zero-order valence-corrected chi connectivity index (χ0v) is 33.3. The predicted molar refractivity (Wildman–Crippen MR) is 210 cm³/mol. The van der Waals surface area contributed by atoms with Gasteiger partial charge in [-0.2, -0.15) is 0 Å². The third kappa shape index (κ3) is 33.1. The largest absolute Gasteiger partial charge is 0.466 e.